The van der Waals surface area contributed by atoms with Crippen LogP contribution >= 0.6 is 11.3 Å². The number of hydrogen-bond acceptors (Lipinski definition) is 4. The van der Waals surface area contributed by atoms with Gasteiger partial charge in [0.05, 0.1) is 22.9 Å². The molecule has 20 heavy (non-hydrogen) atoms. The molecule has 1 aromatic heterocycles. The van der Waals surface area contributed by atoms with Crippen LogP contribution in [0, 0.1) is 12.3 Å². The van der Waals surface area contributed by atoms with Gasteiger partial charge in [0.15, 0.2) is 9.84 Å². The van der Waals surface area contributed by atoms with Gasteiger partial charge in [-0.2, -0.15) is 0 Å². The van der Waals surface area contributed by atoms with Crippen molar-refractivity contribution in [3.8, 4) is 12.3 Å². The predicted octanol–water partition coefficient (Wildman–Crippen LogP) is 1.57. The molecule has 6 heteroatoms. The van der Waals surface area contributed by atoms with E-state index >= 15 is 0 Å². The largest absolute Gasteiger partial charge is 0.323 e. The van der Waals surface area contributed by atoms with Gasteiger partial charge in [-0.3, -0.25) is 4.79 Å². The van der Waals surface area contributed by atoms with E-state index in [1.54, 1.807) is 0 Å². The molecule has 0 spiro atoms. The summed E-state index contributed by atoms with van der Waals surface area (Å²) in [5.74, 6) is 2.48. The van der Waals surface area contributed by atoms with Crippen molar-refractivity contribution in [1.29, 1.82) is 0 Å². The summed E-state index contributed by atoms with van der Waals surface area (Å²) in [4.78, 5) is 14.8. The topological polar surface area (TPSA) is 54.5 Å². The second kappa shape index (κ2) is 5.98. The number of amides is 1. The SMILES string of the molecule is C#CCN(C(=O)c1sccc1CC)[C@@H]1CCS(=O)(=O)C1. The van der Waals surface area contributed by atoms with E-state index in [2.05, 4.69) is 5.92 Å². The molecule has 0 saturated carbocycles. The molecule has 0 aromatic carbocycles. The van der Waals surface area contributed by atoms with Crippen molar-refractivity contribution in [2.45, 2.75) is 25.8 Å². The third-order valence-electron chi connectivity index (χ3n) is 3.49. The van der Waals surface area contributed by atoms with Crippen LogP contribution in [0.4, 0.5) is 0 Å². The lowest BCUT2D eigenvalue weighted by Gasteiger charge is -2.26. The summed E-state index contributed by atoms with van der Waals surface area (Å²) >= 11 is 1.39. The number of hydrogen-bond donors (Lipinski definition) is 0. The van der Waals surface area contributed by atoms with Crippen molar-refractivity contribution in [2.75, 3.05) is 18.1 Å². The van der Waals surface area contributed by atoms with E-state index in [1.807, 2.05) is 18.4 Å². The molecule has 1 atom stereocenters. The lowest BCUT2D eigenvalue weighted by Crippen LogP contribution is -2.41. The van der Waals surface area contributed by atoms with E-state index in [9.17, 15) is 13.2 Å². The van der Waals surface area contributed by atoms with Crippen LogP contribution in [0.3, 0.4) is 0 Å². The Balaban J connectivity index is 2.26. The van der Waals surface area contributed by atoms with E-state index in [0.29, 0.717) is 11.3 Å². The molecule has 0 aliphatic carbocycles. The predicted molar refractivity (Wildman–Crippen MR) is 80.6 cm³/mol. The Kier molecular flexibility index (Phi) is 4.51. The first kappa shape index (κ1) is 15.1. The van der Waals surface area contributed by atoms with Gasteiger partial charge in [0.1, 0.15) is 0 Å². The Bertz CT molecular complexity index is 640. The Labute approximate surface area is 123 Å². The molecule has 0 radical (unpaired) electrons. The highest BCUT2D eigenvalue weighted by Gasteiger charge is 2.35. The second-order valence-corrected chi connectivity index (χ2v) is 7.97. The first-order valence-electron chi connectivity index (χ1n) is 6.49. The molecule has 0 N–H and O–H groups in total. The summed E-state index contributed by atoms with van der Waals surface area (Å²) in [5, 5.41) is 1.88. The standard InChI is InChI=1S/C14H17NO3S2/c1-3-7-15(12-6-9-20(17,18)10-12)14(16)13-11(4-2)5-8-19-13/h1,5,8,12H,4,6-7,9-10H2,2H3/t12-/m1/s1. The number of thiophene rings is 1. The molecule has 4 nitrogen and oxygen atoms in total. The van der Waals surface area contributed by atoms with Crippen LogP contribution in [-0.4, -0.2) is 43.3 Å². The van der Waals surface area contributed by atoms with Crippen LogP contribution in [0.25, 0.3) is 0 Å². The number of carbonyl (C=O) groups is 1. The maximum Gasteiger partial charge on any atom is 0.265 e. The van der Waals surface area contributed by atoms with Crippen molar-refractivity contribution >= 4 is 27.1 Å². The molecule has 108 valence electrons. The van der Waals surface area contributed by atoms with E-state index in [0.717, 1.165) is 12.0 Å². The Morgan fingerprint density at radius 2 is 2.35 bits per heavy atom. The highest BCUT2D eigenvalue weighted by molar-refractivity contribution is 7.91. The number of carbonyl (C=O) groups excluding carboxylic acids is 1. The van der Waals surface area contributed by atoms with Crippen molar-refractivity contribution in [2.24, 2.45) is 0 Å². The summed E-state index contributed by atoms with van der Waals surface area (Å²) in [6.45, 7) is 2.14. The van der Waals surface area contributed by atoms with Crippen LogP contribution in [0.5, 0.6) is 0 Å². The van der Waals surface area contributed by atoms with Gasteiger partial charge in [-0.05, 0) is 29.9 Å². The Morgan fingerprint density at radius 1 is 1.60 bits per heavy atom. The Morgan fingerprint density at radius 3 is 2.90 bits per heavy atom. The molecule has 2 rings (SSSR count). The van der Waals surface area contributed by atoms with E-state index < -0.39 is 9.84 Å². The maximum atomic E-state index is 12.6. The van der Waals surface area contributed by atoms with Crippen LogP contribution in [0.15, 0.2) is 11.4 Å². The van der Waals surface area contributed by atoms with Gasteiger partial charge in [0, 0.05) is 6.04 Å². The fourth-order valence-electron chi connectivity index (χ4n) is 2.42. The fourth-order valence-corrected chi connectivity index (χ4v) is 5.10. The van der Waals surface area contributed by atoms with E-state index in [-0.39, 0.29) is 30.0 Å². The average molecular weight is 311 g/mol. The summed E-state index contributed by atoms with van der Waals surface area (Å²) in [5.41, 5.74) is 0.989. The molecule has 2 heterocycles. The minimum Gasteiger partial charge on any atom is -0.323 e. The molecular weight excluding hydrogens is 294 g/mol. The lowest BCUT2D eigenvalue weighted by molar-refractivity contribution is 0.0728. The first-order valence-corrected chi connectivity index (χ1v) is 9.20. The summed E-state index contributed by atoms with van der Waals surface area (Å²) in [7, 11) is -3.04. The minimum atomic E-state index is -3.04. The van der Waals surface area contributed by atoms with Gasteiger partial charge in [-0.15, -0.1) is 17.8 Å². The second-order valence-electron chi connectivity index (χ2n) is 4.82. The third-order valence-corrected chi connectivity index (χ3v) is 6.19. The molecule has 1 aromatic rings. The number of rotatable bonds is 4. The normalized spacial score (nSPS) is 20.5. The summed E-state index contributed by atoms with van der Waals surface area (Å²) in [6, 6.07) is 1.63. The monoisotopic (exact) mass is 311 g/mol. The minimum absolute atomic E-state index is 0.0211. The van der Waals surface area contributed by atoms with E-state index in [1.165, 1.54) is 16.2 Å². The number of terminal acetylenes is 1. The van der Waals surface area contributed by atoms with Crippen LogP contribution in [0.1, 0.15) is 28.6 Å². The number of aryl methyl sites for hydroxylation is 1. The molecule has 1 aliphatic rings. The van der Waals surface area contributed by atoms with Gasteiger partial charge in [-0.25, -0.2) is 8.42 Å². The average Bonchev–Trinajstić information content (AvgIpc) is 3.01. The molecular formula is C14H17NO3S2. The van der Waals surface area contributed by atoms with E-state index in [4.69, 9.17) is 6.42 Å². The quantitative estimate of drug-likeness (QED) is 0.793. The molecule has 1 aliphatic heterocycles. The number of sulfone groups is 1. The number of nitrogens with zero attached hydrogens (tertiary/aromatic N) is 1. The van der Waals surface area contributed by atoms with Gasteiger partial charge in [0.2, 0.25) is 0 Å². The van der Waals surface area contributed by atoms with Crippen molar-refractivity contribution in [3.63, 3.8) is 0 Å². The van der Waals surface area contributed by atoms with Crippen LogP contribution in [-0.2, 0) is 16.3 Å². The summed E-state index contributed by atoms with van der Waals surface area (Å²) in [6.07, 6.45) is 6.59. The molecule has 1 saturated heterocycles. The zero-order valence-electron chi connectivity index (χ0n) is 11.3. The zero-order chi connectivity index (χ0) is 14.8. The first-order chi connectivity index (χ1) is 9.48. The van der Waals surface area contributed by atoms with Crippen molar-refractivity contribution in [1.82, 2.24) is 4.90 Å². The molecule has 0 bridgehead atoms. The van der Waals surface area contributed by atoms with Crippen molar-refractivity contribution in [3.05, 3.63) is 21.9 Å². The zero-order valence-corrected chi connectivity index (χ0v) is 13.0. The highest BCUT2D eigenvalue weighted by atomic mass is 32.2. The molecule has 1 fully saturated rings. The van der Waals surface area contributed by atoms with Crippen LogP contribution < -0.4 is 0 Å². The van der Waals surface area contributed by atoms with Gasteiger partial charge in [0.25, 0.3) is 5.91 Å². The van der Waals surface area contributed by atoms with Crippen LogP contribution in [0.2, 0.25) is 0 Å². The van der Waals surface area contributed by atoms with Gasteiger partial charge >= 0.3 is 0 Å². The molecule has 0 unspecified atom stereocenters. The highest BCUT2D eigenvalue weighted by Crippen LogP contribution is 2.24. The fraction of sp³-hybridized carbons (Fsp3) is 0.500. The van der Waals surface area contributed by atoms with Gasteiger partial charge in [-0.1, -0.05) is 12.8 Å². The maximum absolute atomic E-state index is 12.6. The van der Waals surface area contributed by atoms with Crippen molar-refractivity contribution < 1.29 is 13.2 Å². The molecule has 1 amide bonds. The Hall–Kier alpha value is -1.32. The lowest BCUT2D eigenvalue weighted by atomic mass is 10.1. The van der Waals surface area contributed by atoms with Gasteiger partial charge < -0.3 is 4.90 Å². The third kappa shape index (κ3) is 3.05. The smallest absolute Gasteiger partial charge is 0.265 e. The summed E-state index contributed by atoms with van der Waals surface area (Å²) < 4.78 is 23.2.